The van der Waals surface area contributed by atoms with E-state index in [0.29, 0.717) is 11.1 Å². The van der Waals surface area contributed by atoms with Gasteiger partial charge in [-0.05, 0) is 46.8 Å². The number of aromatic hydroxyl groups is 1. The highest BCUT2D eigenvalue weighted by Gasteiger charge is 2.28. The zero-order valence-corrected chi connectivity index (χ0v) is 14.7. The minimum Gasteiger partial charge on any atom is -0.507 e. The molecule has 1 aromatic rings. The Morgan fingerprint density at radius 2 is 1.30 bits per heavy atom. The molecule has 0 aromatic heterocycles. The number of hydrogen-bond acceptors (Lipinski definition) is 3. The topological polar surface area (TPSA) is 54.4 Å². The number of carbonyl (C=O) groups is 2. The first-order chi connectivity index (χ1) is 10.4. The molecule has 0 amide bonds. The van der Waals surface area contributed by atoms with Crippen molar-refractivity contribution in [3.8, 4) is 5.75 Å². The largest absolute Gasteiger partial charge is 0.507 e. The quantitative estimate of drug-likeness (QED) is 0.795. The molecule has 0 saturated heterocycles. The van der Waals surface area contributed by atoms with E-state index >= 15 is 0 Å². The Hall–Kier alpha value is -2.16. The highest BCUT2D eigenvalue weighted by Crippen LogP contribution is 2.41. The summed E-state index contributed by atoms with van der Waals surface area (Å²) in [6.45, 7) is 12.1. The van der Waals surface area contributed by atoms with Gasteiger partial charge in [0.1, 0.15) is 5.75 Å². The van der Waals surface area contributed by atoms with E-state index in [4.69, 9.17) is 0 Å². The molecule has 1 aliphatic rings. The maximum atomic E-state index is 12.2. The van der Waals surface area contributed by atoms with E-state index in [1.807, 2.05) is 53.7 Å². The van der Waals surface area contributed by atoms with Gasteiger partial charge in [-0.2, -0.15) is 0 Å². The minimum absolute atomic E-state index is 0.185. The normalized spacial score (nSPS) is 15.8. The number of ketones is 2. The van der Waals surface area contributed by atoms with Crippen LogP contribution < -0.4 is 0 Å². The maximum Gasteiger partial charge on any atom is 0.186 e. The van der Waals surface area contributed by atoms with Crippen molar-refractivity contribution in [2.75, 3.05) is 0 Å². The molecule has 1 aromatic carbocycles. The van der Waals surface area contributed by atoms with Crippen LogP contribution in [0.25, 0.3) is 5.57 Å². The molecule has 3 heteroatoms. The number of benzene rings is 1. The van der Waals surface area contributed by atoms with E-state index in [1.165, 1.54) is 18.2 Å². The average molecular weight is 312 g/mol. The lowest BCUT2D eigenvalue weighted by Crippen LogP contribution is -2.18. The van der Waals surface area contributed by atoms with E-state index in [2.05, 4.69) is 0 Å². The third kappa shape index (κ3) is 3.44. The van der Waals surface area contributed by atoms with Crippen LogP contribution in [0.2, 0.25) is 0 Å². The van der Waals surface area contributed by atoms with Gasteiger partial charge in [-0.3, -0.25) is 9.59 Å². The van der Waals surface area contributed by atoms with Gasteiger partial charge in [-0.25, -0.2) is 0 Å². The second-order valence-electron chi connectivity index (χ2n) is 8.08. The molecule has 23 heavy (non-hydrogen) atoms. The molecule has 0 spiro atoms. The number of carbonyl (C=O) groups excluding carboxylic acids is 2. The fraction of sp³-hybridized carbons (Fsp3) is 0.400. The van der Waals surface area contributed by atoms with Crippen LogP contribution in [0.15, 0.2) is 30.4 Å². The lowest BCUT2D eigenvalue weighted by molar-refractivity contribution is -0.113. The first kappa shape index (κ1) is 17.2. The molecule has 0 fully saturated rings. The first-order valence-electron chi connectivity index (χ1n) is 7.77. The molecule has 3 nitrogen and oxygen atoms in total. The van der Waals surface area contributed by atoms with Crippen molar-refractivity contribution in [2.24, 2.45) is 0 Å². The summed E-state index contributed by atoms with van der Waals surface area (Å²) in [5, 5.41) is 10.7. The van der Waals surface area contributed by atoms with Crippen molar-refractivity contribution in [3.63, 3.8) is 0 Å². The van der Waals surface area contributed by atoms with Crippen LogP contribution in [0.5, 0.6) is 5.75 Å². The summed E-state index contributed by atoms with van der Waals surface area (Å²) in [6.07, 6.45) is 3.95. The fourth-order valence-electron chi connectivity index (χ4n) is 2.67. The smallest absolute Gasteiger partial charge is 0.186 e. The lowest BCUT2D eigenvalue weighted by atomic mass is 9.77. The van der Waals surface area contributed by atoms with Crippen molar-refractivity contribution in [1.82, 2.24) is 0 Å². The summed E-state index contributed by atoms with van der Waals surface area (Å²) in [5.74, 6) is -0.114. The maximum absolute atomic E-state index is 12.2. The zero-order chi connectivity index (χ0) is 17.6. The van der Waals surface area contributed by atoms with Gasteiger partial charge in [-0.1, -0.05) is 41.5 Å². The third-order valence-electron chi connectivity index (χ3n) is 3.99. The summed E-state index contributed by atoms with van der Waals surface area (Å²) in [6, 6.07) is 3.64. The van der Waals surface area contributed by atoms with Crippen molar-refractivity contribution in [3.05, 3.63) is 47.1 Å². The number of hydrogen-bond donors (Lipinski definition) is 1. The number of allylic oxidation sites excluding steroid dienone is 4. The number of phenols is 1. The van der Waals surface area contributed by atoms with Gasteiger partial charge in [0.2, 0.25) is 0 Å². The summed E-state index contributed by atoms with van der Waals surface area (Å²) in [5.41, 5.74) is 2.05. The molecule has 1 N–H and O–H groups in total. The molecule has 0 aliphatic heterocycles. The summed E-state index contributed by atoms with van der Waals surface area (Å²) >= 11 is 0. The van der Waals surface area contributed by atoms with Crippen LogP contribution in [0.1, 0.15) is 58.2 Å². The van der Waals surface area contributed by atoms with Crippen LogP contribution >= 0.6 is 0 Å². The molecule has 0 bridgehead atoms. The minimum atomic E-state index is -0.280. The summed E-state index contributed by atoms with van der Waals surface area (Å²) < 4.78 is 0. The second-order valence-corrected chi connectivity index (χ2v) is 8.08. The van der Waals surface area contributed by atoms with Crippen LogP contribution in [0.3, 0.4) is 0 Å². The van der Waals surface area contributed by atoms with Gasteiger partial charge in [0.25, 0.3) is 0 Å². The Morgan fingerprint density at radius 3 is 1.74 bits per heavy atom. The van der Waals surface area contributed by atoms with E-state index in [9.17, 15) is 14.7 Å². The Labute approximate surface area is 137 Å². The molecule has 0 saturated carbocycles. The molecule has 2 rings (SSSR count). The van der Waals surface area contributed by atoms with Gasteiger partial charge in [0.05, 0.1) is 0 Å². The van der Waals surface area contributed by atoms with E-state index < -0.39 is 0 Å². The van der Waals surface area contributed by atoms with Crippen molar-refractivity contribution in [1.29, 1.82) is 0 Å². The molecule has 0 heterocycles. The number of phenolic OH excluding ortho intramolecular Hbond substituents is 1. The molecule has 122 valence electrons. The molecular weight excluding hydrogens is 288 g/mol. The predicted octanol–water partition coefficient (Wildman–Crippen LogP) is 4.08. The monoisotopic (exact) mass is 312 g/mol. The zero-order valence-electron chi connectivity index (χ0n) is 14.7. The van der Waals surface area contributed by atoms with E-state index in [1.54, 1.807) is 0 Å². The molecule has 0 unspecified atom stereocenters. The first-order valence-corrected chi connectivity index (χ1v) is 7.77. The van der Waals surface area contributed by atoms with Crippen molar-refractivity contribution >= 4 is 17.1 Å². The van der Waals surface area contributed by atoms with Crippen LogP contribution in [-0.4, -0.2) is 16.7 Å². The standard InChI is InChI=1S/C20H24O3/c1-19(2,3)15-9-12(10-16(18(15)23)20(4,5)6)14-11-13(21)7-8-17(14)22/h7-11,23H,1-6H3. The number of rotatable bonds is 1. The lowest BCUT2D eigenvalue weighted by Gasteiger charge is -2.28. The van der Waals surface area contributed by atoms with E-state index in [-0.39, 0.29) is 28.1 Å². The third-order valence-corrected chi connectivity index (χ3v) is 3.99. The predicted molar refractivity (Wildman–Crippen MR) is 92.6 cm³/mol. The Balaban J connectivity index is 2.76. The SMILES string of the molecule is CC(C)(C)c1cc(C2=CC(=O)C=CC2=O)cc(C(C)(C)C)c1O. The van der Waals surface area contributed by atoms with Crippen molar-refractivity contribution < 1.29 is 14.7 Å². The fourth-order valence-corrected chi connectivity index (χ4v) is 2.67. The Morgan fingerprint density at radius 1 is 0.826 bits per heavy atom. The molecule has 0 radical (unpaired) electrons. The van der Waals surface area contributed by atoms with Crippen molar-refractivity contribution in [2.45, 2.75) is 52.4 Å². The van der Waals surface area contributed by atoms with Crippen LogP contribution in [0, 0.1) is 0 Å². The highest BCUT2D eigenvalue weighted by molar-refractivity contribution is 6.34. The highest BCUT2D eigenvalue weighted by atomic mass is 16.3. The van der Waals surface area contributed by atoms with Gasteiger partial charge in [0.15, 0.2) is 11.6 Å². The average Bonchev–Trinajstić information content (AvgIpc) is 2.39. The Bertz CT molecular complexity index is 700. The van der Waals surface area contributed by atoms with Crippen LogP contribution in [0.4, 0.5) is 0 Å². The molecular formula is C20H24O3. The molecule has 0 atom stereocenters. The van der Waals surface area contributed by atoms with Gasteiger partial charge < -0.3 is 5.11 Å². The van der Waals surface area contributed by atoms with Gasteiger partial charge >= 0.3 is 0 Å². The van der Waals surface area contributed by atoms with E-state index in [0.717, 1.165) is 11.1 Å². The molecule has 1 aliphatic carbocycles. The summed E-state index contributed by atoms with van der Waals surface area (Å²) in [4.78, 5) is 23.8. The van der Waals surface area contributed by atoms with Gasteiger partial charge in [-0.15, -0.1) is 0 Å². The second kappa shape index (κ2) is 5.48. The Kier molecular flexibility index (Phi) is 4.10. The summed E-state index contributed by atoms with van der Waals surface area (Å²) in [7, 11) is 0. The van der Waals surface area contributed by atoms with Gasteiger partial charge in [0, 0.05) is 16.7 Å². The van der Waals surface area contributed by atoms with Crippen LogP contribution in [-0.2, 0) is 20.4 Å².